The summed E-state index contributed by atoms with van der Waals surface area (Å²) in [7, 11) is 0. The number of ether oxygens (including phenoxy) is 1. The third-order valence-electron chi connectivity index (χ3n) is 11.1. The molecule has 12 heteroatoms. The van der Waals surface area contributed by atoms with Crippen molar-refractivity contribution in [1.29, 1.82) is 0 Å². The SMILES string of the molecule is CCC[C@H](NC(=O)[C@@H]1[C@H]2CCC[C@H]2CN1C(=O)[C@@H](NC(=O)[C@@H](NC(=O)OCc1ccccc1)C1CCCCC1)C(C)(C)C)C(=O)C(=O)NC1CC1. The van der Waals surface area contributed by atoms with E-state index in [-0.39, 0.29) is 36.3 Å². The third-order valence-corrected chi connectivity index (χ3v) is 11.1. The van der Waals surface area contributed by atoms with Crippen molar-refractivity contribution in [3.05, 3.63) is 35.9 Å². The topological polar surface area (TPSA) is 163 Å². The van der Waals surface area contributed by atoms with Crippen LogP contribution in [-0.2, 0) is 35.3 Å². The van der Waals surface area contributed by atoms with Gasteiger partial charge in [-0.2, -0.15) is 0 Å². The molecule has 6 atom stereocenters. The molecule has 1 saturated heterocycles. The minimum absolute atomic E-state index is 0.0130. The first-order valence-corrected chi connectivity index (χ1v) is 19.1. The summed E-state index contributed by atoms with van der Waals surface area (Å²) in [5.74, 6) is -2.70. The van der Waals surface area contributed by atoms with Crippen molar-refractivity contribution in [2.24, 2.45) is 23.2 Å². The number of likely N-dealkylation sites (tertiary alicyclic amines) is 1. The lowest BCUT2D eigenvalue weighted by Crippen LogP contribution is -2.62. The fourth-order valence-corrected chi connectivity index (χ4v) is 8.13. The first kappa shape index (κ1) is 38.3. The standard InChI is InChI=1S/C39H57N5O7/c1-5-13-29(32(45)36(48)40-27-20-21-27)41-35(47)31-28-19-12-18-26(28)22-44(31)37(49)33(39(2,3)4)43-34(46)30(25-16-10-7-11-17-25)42-38(50)51-23-24-14-8-6-9-15-24/h6,8-9,14-15,25-31,33H,5,7,10-13,16-23H2,1-4H3,(H,40,48)(H,41,47)(H,42,50)(H,43,46)/t26-,28-,29-,30-,31-,33+/m0/s1. The molecule has 5 amide bonds. The van der Waals surface area contributed by atoms with Crippen LogP contribution in [0.5, 0.6) is 0 Å². The molecule has 51 heavy (non-hydrogen) atoms. The maximum Gasteiger partial charge on any atom is 0.408 e. The van der Waals surface area contributed by atoms with Crippen LogP contribution in [0, 0.1) is 23.2 Å². The summed E-state index contributed by atoms with van der Waals surface area (Å²) in [6, 6.07) is 5.61. The second kappa shape index (κ2) is 17.0. The zero-order chi connectivity index (χ0) is 36.7. The molecule has 0 spiro atoms. The van der Waals surface area contributed by atoms with Crippen molar-refractivity contribution in [2.45, 2.75) is 142 Å². The molecule has 4 fully saturated rings. The summed E-state index contributed by atoms with van der Waals surface area (Å²) in [6.07, 6.45) is 8.93. The smallest absolute Gasteiger partial charge is 0.408 e. The Morgan fingerprint density at radius 1 is 0.863 bits per heavy atom. The van der Waals surface area contributed by atoms with E-state index < -0.39 is 59.2 Å². The molecule has 5 rings (SSSR count). The fraction of sp³-hybridized carbons (Fsp3) is 0.692. The van der Waals surface area contributed by atoms with E-state index in [1.54, 1.807) is 4.90 Å². The highest BCUT2D eigenvalue weighted by Gasteiger charge is 2.52. The van der Waals surface area contributed by atoms with Crippen LogP contribution in [0.1, 0.15) is 110 Å². The van der Waals surface area contributed by atoms with Gasteiger partial charge in [0, 0.05) is 12.6 Å². The van der Waals surface area contributed by atoms with Crippen molar-refractivity contribution in [3.63, 3.8) is 0 Å². The number of alkyl carbamates (subject to hydrolysis) is 1. The lowest BCUT2D eigenvalue weighted by Gasteiger charge is -2.38. The lowest BCUT2D eigenvalue weighted by molar-refractivity contribution is -0.146. The van der Waals surface area contributed by atoms with Gasteiger partial charge in [0.25, 0.3) is 5.91 Å². The summed E-state index contributed by atoms with van der Waals surface area (Å²) in [5, 5.41) is 11.4. The molecule has 4 aliphatic rings. The number of hydrogen-bond acceptors (Lipinski definition) is 7. The van der Waals surface area contributed by atoms with Gasteiger partial charge in [0.15, 0.2) is 0 Å². The number of benzene rings is 1. The summed E-state index contributed by atoms with van der Waals surface area (Å²) in [4.78, 5) is 83.3. The van der Waals surface area contributed by atoms with Crippen LogP contribution in [0.15, 0.2) is 30.3 Å². The van der Waals surface area contributed by atoms with Crippen molar-refractivity contribution >= 4 is 35.5 Å². The van der Waals surface area contributed by atoms with Gasteiger partial charge in [-0.3, -0.25) is 24.0 Å². The van der Waals surface area contributed by atoms with Gasteiger partial charge >= 0.3 is 6.09 Å². The number of amides is 5. The molecule has 4 N–H and O–H groups in total. The normalized spacial score (nSPS) is 23.7. The highest BCUT2D eigenvalue weighted by molar-refractivity contribution is 6.38. The van der Waals surface area contributed by atoms with Crippen LogP contribution in [0.4, 0.5) is 4.79 Å². The minimum atomic E-state index is -0.996. The lowest BCUT2D eigenvalue weighted by atomic mass is 9.82. The van der Waals surface area contributed by atoms with Gasteiger partial charge in [0.2, 0.25) is 23.5 Å². The second-order valence-corrected chi connectivity index (χ2v) is 16.1. The number of ketones is 1. The van der Waals surface area contributed by atoms with E-state index in [1.165, 1.54) is 0 Å². The fourth-order valence-electron chi connectivity index (χ4n) is 8.13. The van der Waals surface area contributed by atoms with Crippen molar-refractivity contribution in [3.8, 4) is 0 Å². The number of nitrogens with one attached hydrogen (secondary N) is 4. The van der Waals surface area contributed by atoms with E-state index >= 15 is 0 Å². The summed E-state index contributed by atoms with van der Waals surface area (Å²) >= 11 is 0. The minimum Gasteiger partial charge on any atom is -0.445 e. The molecule has 1 aromatic carbocycles. The quantitative estimate of drug-likeness (QED) is 0.211. The Bertz CT molecular complexity index is 1420. The average molecular weight is 708 g/mol. The maximum atomic E-state index is 14.6. The Labute approximate surface area is 301 Å². The molecule has 0 aromatic heterocycles. The summed E-state index contributed by atoms with van der Waals surface area (Å²) in [6.45, 7) is 7.92. The van der Waals surface area contributed by atoms with E-state index in [0.717, 1.165) is 69.8 Å². The molecular formula is C39H57N5O7. The predicted octanol–water partition coefficient (Wildman–Crippen LogP) is 4.15. The molecule has 12 nitrogen and oxygen atoms in total. The van der Waals surface area contributed by atoms with E-state index in [2.05, 4.69) is 21.3 Å². The number of carbonyl (C=O) groups excluding carboxylic acids is 6. The van der Waals surface area contributed by atoms with Gasteiger partial charge in [-0.1, -0.05) is 90.1 Å². The van der Waals surface area contributed by atoms with Crippen LogP contribution in [0.25, 0.3) is 0 Å². The zero-order valence-electron chi connectivity index (χ0n) is 30.7. The molecule has 1 heterocycles. The molecule has 0 radical (unpaired) electrons. The molecular weight excluding hydrogens is 650 g/mol. The molecule has 1 aliphatic heterocycles. The first-order chi connectivity index (χ1) is 24.4. The summed E-state index contributed by atoms with van der Waals surface area (Å²) in [5.41, 5.74) is 0.0865. The van der Waals surface area contributed by atoms with Gasteiger partial charge in [0.05, 0.1) is 6.04 Å². The molecule has 0 bridgehead atoms. The van der Waals surface area contributed by atoms with Gasteiger partial charge < -0.3 is 30.9 Å². The van der Waals surface area contributed by atoms with Crippen LogP contribution < -0.4 is 21.3 Å². The van der Waals surface area contributed by atoms with E-state index in [1.807, 2.05) is 58.0 Å². The third kappa shape index (κ3) is 9.89. The number of nitrogens with zero attached hydrogens (tertiary/aromatic N) is 1. The van der Waals surface area contributed by atoms with Crippen LogP contribution in [0.3, 0.4) is 0 Å². The van der Waals surface area contributed by atoms with Gasteiger partial charge in [-0.05, 0) is 73.7 Å². The van der Waals surface area contributed by atoms with Gasteiger partial charge in [-0.15, -0.1) is 0 Å². The number of rotatable bonds is 14. The summed E-state index contributed by atoms with van der Waals surface area (Å²) < 4.78 is 5.49. The van der Waals surface area contributed by atoms with Crippen LogP contribution in [0.2, 0.25) is 0 Å². The Balaban J connectivity index is 1.32. The van der Waals surface area contributed by atoms with Crippen LogP contribution in [-0.4, -0.2) is 77.2 Å². The maximum absolute atomic E-state index is 14.6. The number of carbonyl (C=O) groups is 6. The molecule has 0 unspecified atom stereocenters. The van der Waals surface area contributed by atoms with Crippen molar-refractivity contribution in [2.75, 3.05) is 6.54 Å². The van der Waals surface area contributed by atoms with E-state index in [4.69, 9.17) is 4.74 Å². The largest absolute Gasteiger partial charge is 0.445 e. The Morgan fingerprint density at radius 3 is 2.22 bits per heavy atom. The highest BCUT2D eigenvalue weighted by Crippen LogP contribution is 2.43. The Kier molecular flexibility index (Phi) is 12.8. The second-order valence-electron chi connectivity index (χ2n) is 16.1. The van der Waals surface area contributed by atoms with Gasteiger partial charge in [-0.25, -0.2) is 4.79 Å². The zero-order valence-corrected chi connectivity index (χ0v) is 30.7. The predicted molar refractivity (Wildman–Crippen MR) is 191 cm³/mol. The number of Topliss-reactive ketones (excluding diaryl/α,β-unsaturated/α-hetero) is 1. The number of hydrogen-bond donors (Lipinski definition) is 4. The molecule has 3 saturated carbocycles. The van der Waals surface area contributed by atoms with E-state index in [0.29, 0.717) is 19.4 Å². The molecule has 280 valence electrons. The first-order valence-electron chi connectivity index (χ1n) is 19.1. The van der Waals surface area contributed by atoms with Crippen LogP contribution >= 0.6 is 0 Å². The van der Waals surface area contributed by atoms with Gasteiger partial charge in [0.1, 0.15) is 24.7 Å². The highest BCUT2D eigenvalue weighted by atomic mass is 16.5. The number of fused-ring (bicyclic) bond motifs is 1. The van der Waals surface area contributed by atoms with Crippen molar-refractivity contribution < 1.29 is 33.5 Å². The Morgan fingerprint density at radius 2 is 1.57 bits per heavy atom. The monoisotopic (exact) mass is 707 g/mol. The van der Waals surface area contributed by atoms with E-state index in [9.17, 15) is 28.8 Å². The molecule has 1 aromatic rings. The molecule has 3 aliphatic carbocycles. The average Bonchev–Trinajstić information content (AvgIpc) is 3.68. The Hall–Kier alpha value is -3.96. The van der Waals surface area contributed by atoms with Crippen molar-refractivity contribution in [1.82, 2.24) is 26.2 Å².